The first-order chi connectivity index (χ1) is 9.43. The maximum atomic E-state index is 5.93. The molecule has 1 atom stereocenters. The maximum Gasteiger partial charge on any atom is 0.158 e. The number of hydrogen-bond acceptors (Lipinski definition) is 6. The molecule has 6 heteroatoms. The first-order valence-electron chi connectivity index (χ1n) is 6.91. The maximum absolute atomic E-state index is 5.93. The van der Waals surface area contributed by atoms with E-state index in [9.17, 15) is 0 Å². The Morgan fingerprint density at radius 1 is 1.50 bits per heavy atom. The van der Waals surface area contributed by atoms with E-state index < -0.39 is 0 Å². The summed E-state index contributed by atoms with van der Waals surface area (Å²) in [5, 5.41) is 3.07. The minimum Gasteiger partial charge on any atom is -0.377 e. The number of morpholine rings is 1. The molecule has 1 N–H and O–H groups in total. The summed E-state index contributed by atoms with van der Waals surface area (Å²) in [6, 6.07) is 1.97. The Kier molecular flexibility index (Phi) is 4.45. The zero-order valence-corrected chi connectivity index (χ0v) is 12.9. The van der Waals surface area contributed by atoms with Gasteiger partial charge in [-0.3, -0.25) is 0 Å². The summed E-state index contributed by atoms with van der Waals surface area (Å²) in [5.41, 5.74) is -0.177. The predicted octanol–water partition coefficient (Wildman–Crippen LogP) is 1.67. The van der Waals surface area contributed by atoms with E-state index in [2.05, 4.69) is 41.0 Å². The van der Waals surface area contributed by atoms with Crippen molar-refractivity contribution >= 4 is 11.6 Å². The number of nitrogens with one attached hydrogen (secondary N) is 1. The van der Waals surface area contributed by atoms with Gasteiger partial charge in [0.1, 0.15) is 18.2 Å². The van der Waals surface area contributed by atoms with E-state index in [1.54, 1.807) is 7.11 Å². The molecule has 1 aromatic rings. The van der Waals surface area contributed by atoms with Crippen LogP contribution in [0.3, 0.4) is 0 Å². The van der Waals surface area contributed by atoms with Crippen LogP contribution in [0.1, 0.15) is 26.6 Å². The fourth-order valence-electron chi connectivity index (χ4n) is 2.60. The lowest BCUT2D eigenvalue weighted by molar-refractivity contribution is -0.0751. The highest BCUT2D eigenvalue weighted by atomic mass is 16.5. The molecule has 6 nitrogen and oxygen atoms in total. The molecule has 0 spiro atoms. The summed E-state index contributed by atoms with van der Waals surface area (Å²) in [4.78, 5) is 11.2. The lowest BCUT2D eigenvalue weighted by Gasteiger charge is -2.42. The highest BCUT2D eigenvalue weighted by molar-refractivity contribution is 5.49. The molecule has 0 amide bonds. The van der Waals surface area contributed by atoms with Crippen molar-refractivity contribution in [3.63, 3.8) is 0 Å². The Morgan fingerprint density at radius 2 is 2.25 bits per heavy atom. The van der Waals surface area contributed by atoms with Crippen LogP contribution in [0.5, 0.6) is 0 Å². The summed E-state index contributed by atoms with van der Waals surface area (Å²) in [5.74, 6) is 2.41. The van der Waals surface area contributed by atoms with Gasteiger partial charge in [0.05, 0.1) is 11.7 Å². The van der Waals surface area contributed by atoms with Crippen LogP contribution in [-0.2, 0) is 16.1 Å². The van der Waals surface area contributed by atoms with Gasteiger partial charge in [-0.05, 0) is 20.8 Å². The summed E-state index contributed by atoms with van der Waals surface area (Å²) < 4.78 is 11.1. The quantitative estimate of drug-likeness (QED) is 0.905. The molecule has 0 bridgehead atoms. The topological polar surface area (TPSA) is 59.5 Å². The fraction of sp³-hybridized carbons (Fsp3) is 0.714. The molecule has 0 aromatic carbocycles. The lowest BCUT2D eigenvalue weighted by atomic mass is 10.1. The first kappa shape index (κ1) is 15.0. The third-order valence-electron chi connectivity index (χ3n) is 3.18. The van der Waals surface area contributed by atoms with E-state index in [0.717, 1.165) is 24.7 Å². The average molecular weight is 280 g/mol. The summed E-state index contributed by atoms with van der Waals surface area (Å²) in [6.45, 7) is 8.34. The van der Waals surface area contributed by atoms with Gasteiger partial charge in [0.15, 0.2) is 5.82 Å². The number of ether oxygens (including phenoxy) is 2. The molecule has 1 aliphatic rings. The van der Waals surface area contributed by atoms with Crippen LogP contribution in [-0.4, -0.2) is 48.9 Å². The predicted molar refractivity (Wildman–Crippen MR) is 79.1 cm³/mol. The number of nitrogens with zero attached hydrogens (tertiary/aromatic N) is 3. The number of rotatable bonds is 4. The van der Waals surface area contributed by atoms with Crippen LogP contribution in [0.15, 0.2) is 6.07 Å². The molecule has 1 fully saturated rings. The Morgan fingerprint density at radius 3 is 2.85 bits per heavy atom. The normalized spacial score (nSPS) is 21.9. The Labute approximate surface area is 120 Å². The summed E-state index contributed by atoms with van der Waals surface area (Å²) in [6.07, 6.45) is 0.178. The molecule has 2 rings (SSSR count). The van der Waals surface area contributed by atoms with Crippen molar-refractivity contribution < 1.29 is 9.47 Å². The molecule has 20 heavy (non-hydrogen) atoms. The van der Waals surface area contributed by atoms with Gasteiger partial charge in [0.25, 0.3) is 0 Å². The van der Waals surface area contributed by atoms with Crippen LogP contribution < -0.4 is 10.2 Å². The first-order valence-corrected chi connectivity index (χ1v) is 6.91. The molecule has 0 aliphatic carbocycles. The van der Waals surface area contributed by atoms with Gasteiger partial charge in [-0.15, -0.1) is 0 Å². The highest BCUT2D eigenvalue weighted by Gasteiger charge is 2.32. The van der Waals surface area contributed by atoms with E-state index in [0.29, 0.717) is 12.4 Å². The van der Waals surface area contributed by atoms with E-state index in [1.807, 2.05) is 13.1 Å². The van der Waals surface area contributed by atoms with Crippen LogP contribution in [0.25, 0.3) is 0 Å². The summed E-state index contributed by atoms with van der Waals surface area (Å²) in [7, 11) is 3.50. The molecule has 2 heterocycles. The Bertz CT molecular complexity index is 464. The van der Waals surface area contributed by atoms with Crippen molar-refractivity contribution in [1.29, 1.82) is 0 Å². The zero-order chi connectivity index (χ0) is 14.8. The monoisotopic (exact) mass is 280 g/mol. The lowest BCUT2D eigenvalue weighted by Crippen LogP contribution is -2.52. The minimum atomic E-state index is -0.177. The molecule has 1 aliphatic heterocycles. The van der Waals surface area contributed by atoms with Crippen LogP contribution in [0.4, 0.5) is 11.6 Å². The van der Waals surface area contributed by atoms with E-state index >= 15 is 0 Å². The number of anilines is 2. The number of hydrogen-bond donors (Lipinski definition) is 1. The molecular formula is C14H24N4O2. The number of aromatic nitrogens is 2. The number of methoxy groups -OCH3 is 1. The van der Waals surface area contributed by atoms with E-state index in [4.69, 9.17) is 9.47 Å². The zero-order valence-electron chi connectivity index (χ0n) is 12.9. The van der Waals surface area contributed by atoms with Crippen molar-refractivity contribution in [3.8, 4) is 0 Å². The van der Waals surface area contributed by atoms with Crippen molar-refractivity contribution in [2.75, 3.05) is 37.5 Å². The second-order valence-corrected chi connectivity index (χ2v) is 5.78. The van der Waals surface area contributed by atoms with Gasteiger partial charge < -0.3 is 19.7 Å². The molecule has 1 aromatic heterocycles. The standard InChI is InChI=1S/C14H24N4O2/c1-10-7-18(9-14(2,3)20-10)13-6-11(15-4)16-12(17-13)8-19-5/h6,10H,7-9H2,1-5H3,(H,15,16,17). The van der Waals surface area contributed by atoms with E-state index in [1.165, 1.54) is 0 Å². The molecule has 0 saturated carbocycles. The highest BCUT2D eigenvalue weighted by Crippen LogP contribution is 2.26. The van der Waals surface area contributed by atoms with Crippen molar-refractivity contribution in [2.24, 2.45) is 0 Å². The average Bonchev–Trinajstić information content (AvgIpc) is 2.36. The smallest absolute Gasteiger partial charge is 0.158 e. The van der Waals surface area contributed by atoms with E-state index in [-0.39, 0.29) is 11.7 Å². The second kappa shape index (κ2) is 5.93. The van der Waals surface area contributed by atoms with Crippen LogP contribution in [0, 0.1) is 0 Å². The van der Waals surface area contributed by atoms with Crippen molar-refractivity contribution in [1.82, 2.24) is 9.97 Å². The molecule has 112 valence electrons. The van der Waals surface area contributed by atoms with Crippen LogP contribution >= 0.6 is 0 Å². The van der Waals surface area contributed by atoms with Crippen molar-refractivity contribution in [2.45, 2.75) is 39.1 Å². The summed E-state index contributed by atoms with van der Waals surface area (Å²) >= 11 is 0. The molecule has 1 saturated heterocycles. The van der Waals surface area contributed by atoms with Crippen LogP contribution in [0.2, 0.25) is 0 Å². The third kappa shape index (κ3) is 3.58. The van der Waals surface area contributed by atoms with Gasteiger partial charge in [-0.2, -0.15) is 0 Å². The SMILES string of the molecule is CNc1cc(N2CC(C)OC(C)(C)C2)nc(COC)n1. The fourth-order valence-corrected chi connectivity index (χ4v) is 2.60. The second-order valence-electron chi connectivity index (χ2n) is 5.78. The molecule has 1 unspecified atom stereocenters. The molecular weight excluding hydrogens is 256 g/mol. The Hall–Kier alpha value is -1.40. The molecule has 0 radical (unpaired) electrons. The van der Waals surface area contributed by atoms with Gasteiger partial charge in [-0.1, -0.05) is 0 Å². The van der Waals surface area contributed by atoms with Gasteiger partial charge >= 0.3 is 0 Å². The van der Waals surface area contributed by atoms with Gasteiger partial charge in [0, 0.05) is 33.3 Å². The minimum absolute atomic E-state index is 0.177. The largest absolute Gasteiger partial charge is 0.377 e. The Balaban J connectivity index is 2.28. The van der Waals surface area contributed by atoms with Gasteiger partial charge in [-0.25, -0.2) is 9.97 Å². The third-order valence-corrected chi connectivity index (χ3v) is 3.18. The van der Waals surface area contributed by atoms with Crippen molar-refractivity contribution in [3.05, 3.63) is 11.9 Å². The van der Waals surface area contributed by atoms with Gasteiger partial charge in [0.2, 0.25) is 0 Å².